The number of hydrogen-bond acceptors (Lipinski definition) is 0. The molecule has 0 aliphatic heterocycles. The molecule has 0 saturated heterocycles. The van der Waals surface area contributed by atoms with Gasteiger partial charge in [0.2, 0.25) is 0 Å². The van der Waals surface area contributed by atoms with E-state index in [0.29, 0.717) is 0 Å². The third-order valence-electron chi connectivity index (χ3n) is 2.43. The zero-order chi connectivity index (χ0) is 10.3. The maximum Gasteiger partial charge on any atom is 1.00 e. The fraction of sp³-hybridized carbons (Fsp3) is 0.615. The summed E-state index contributed by atoms with van der Waals surface area (Å²) in [5.74, 6) is 0. The van der Waals surface area contributed by atoms with E-state index in [1.807, 2.05) is 0 Å². The largest absolute Gasteiger partial charge is 1.00 e. The summed E-state index contributed by atoms with van der Waals surface area (Å²) in [4.78, 5) is 0. The maximum atomic E-state index is 2.28. The monoisotopic (exact) mass is 184 g/mol. The van der Waals surface area contributed by atoms with Gasteiger partial charge in [-0.1, -0.05) is 47.0 Å². The molecule has 1 aromatic rings. The van der Waals surface area contributed by atoms with Gasteiger partial charge in [-0.05, 0) is 5.41 Å². The van der Waals surface area contributed by atoms with Crippen LogP contribution >= 0.6 is 0 Å². The van der Waals surface area contributed by atoms with E-state index in [0.717, 1.165) is 0 Å². The molecule has 0 amide bonds. The molecule has 14 heavy (non-hydrogen) atoms. The van der Waals surface area contributed by atoms with Crippen LogP contribution in [0.5, 0.6) is 0 Å². The zero-order valence-corrected chi connectivity index (χ0v) is 10.7. The van der Waals surface area contributed by atoms with E-state index in [2.05, 4.69) is 59.7 Å². The molecule has 0 fully saturated rings. The third kappa shape index (κ3) is 2.97. The molecule has 0 atom stereocenters. The Labute approximate surface area is 101 Å². The topological polar surface area (TPSA) is 0 Å². The van der Waals surface area contributed by atoms with Crippen molar-refractivity contribution in [2.45, 2.75) is 52.4 Å². The van der Waals surface area contributed by atoms with Crippen LogP contribution in [0.1, 0.15) is 52.7 Å². The molecule has 0 heterocycles. The molecule has 1 aromatic carbocycles. The van der Waals surface area contributed by atoms with Gasteiger partial charge in [0, 0.05) is 0 Å². The predicted octanol–water partition coefficient (Wildman–Crippen LogP) is 1.00. The van der Waals surface area contributed by atoms with Crippen LogP contribution in [0.2, 0.25) is 0 Å². The molecule has 0 nitrogen and oxygen atoms in total. The van der Waals surface area contributed by atoms with Gasteiger partial charge >= 0.3 is 18.9 Å². The number of hydrogen-bond donors (Lipinski definition) is 0. The van der Waals surface area contributed by atoms with Crippen LogP contribution in [0, 0.1) is 0 Å². The van der Waals surface area contributed by atoms with Gasteiger partial charge in [-0.3, -0.25) is 0 Å². The summed E-state index contributed by atoms with van der Waals surface area (Å²) in [7, 11) is 0. The molecule has 1 rings (SSSR count). The van der Waals surface area contributed by atoms with E-state index < -0.39 is 0 Å². The summed E-state index contributed by atoms with van der Waals surface area (Å²) in [5.41, 5.74) is 3.51. The quantitative estimate of drug-likeness (QED) is 0.417. The fourth-order valence-corrected chi connectivity index (χ4v) is 1.73. The minimum Gasteiger partial charge on any atom is -0.213 e. The van der Waals surface area contributed by atoms with Crippen molar-refractivity contribution in [1.82, 2.24) is 0 Å². The van der Waals surface area contributed by atoms with E-state index in [1.165, 1.54) is 11.1 Å². The molecule has 0 aromatic heterocycles. The van der Waals surface area contributed by atoms with Crippen LogP contribution in [-0.4, -0.2) is 0 Å². The molecule has 0 aliphatic rings. The summed E-state index contributed by atoms with van der Waals surface area (Å²) < 4.78 is 0. The van der Waals surface area contributed by atoms with Gasteiger partial charge in [0.1, 0.15) is 0 Å². The summed E-state index contributed by atoms with van der Waals surface area (Å²) in [6.45, 7) is 13.7. The van der Waals surface area contributed by atoms with Crippen molar-refractivity contribution >= 4 is 0 Å². The Kier molecular flexibility index (Phi) is 4.20. The van der Waals surface area contributed by atoms with Gasteiger partial charge in [0.15, 0.2) is 0 Å². The van der Waals surface area contributed by atoms with Gasteiger partial charge < -0.3 is 0 Å². The summed E-state index contributed by atoms with van der Waals surface area (Å²) in [6, 6.07) is 6.67. The summed E-state index contributed by atoms with van der Waals surface area (Å²) >= 11 is 0. The van der Waals surface area contributed by atoms with Crippen molar-refractivity contribution in [2.75, 3.05) is 0 Å². The van der Waals surface area contributed by atoms with Crippen molar-refractivity contribution in [2.24, 2.45) is 0 Å². The van der Waals surface area contributed by atoms with Crippen LogP contribution in [0.25, 0.3) is 0 Å². The van der Waals surface area contributed by atoms with Crippen molar-refractivity contribution in [1.29, 1.82) is 0 Å². The van der Waals surface area contributed by atoms with Gasteiger partial charge in [0.25, 0.3) is 0 Å². The zero-order valence-electron chi connectivity index (χ0n) is 10.7. The van der Waals surface area contributed by atoms with Crippen molar-refractivity contribution in [3.63, 3.8) is 0 Å². The average molecular weight is 184 g/mol. The Balaban J connectivity index is 0.00000169. The average Bonchev–Trinajstić information content (AvgIpc) is 2.27. The first-order valence-electron chi connectivity index (χ1n) is 4.99. The Morgan fingerprint density at radius 1 is 1.00 bits per heavy atom. The number of rotatable bonds is 0. The smallest absolute Gasteiger partial charge is 0.213 e. The molecular formula is C13H21Li. The molecule has 0 bridgehead atoms. The normalized spacial score (nSPS) is 12.4. The van der Waals surface area contributed by atoms with E-state index in [1.54, 1.807) is 0 Å². The van der Waals surface area contributed by atoms with Crippen molar-refractivity contribution in [3.8, 4) is 0 Å². The van der Waals surface area contributed by atoms with Gasteiger partial charge in [-0.2, -0.15) is 11.6 Å². The second-order valence-corrected chi connectivity index (χ2v) is 5.85. The van der Waals surface area contributed by atoms with Crippen LogP contribution in [0.15, 0.2) is 18.2 Å². The molecule has 0 saturated carbocycles. The summed E-state index contributed by atoms with van der Waals surface area (Å²) in [6.07, 6.45) is 0. The van der Waals surface area contributed by atoms with Gasteiger partial charge in [0.05, 0.1) is 0 Å². The van der Waals surface area contributed by atoms with E-state index >= 15 is 0 Å². The van der Waals surface area contributed by atoms with Crippen LogP contribution in [-0.2, 0) is 10.8 Å². The standard InChI is InChI=1S/C13H21.Li/c1-12(2,3)10-8-7-9-11(10)13(4,5)6;/h7-9H,1-6H3;/q-1;+1. The van der Waals surface area contributed by atoms with E-state index in [-0.39, 0.29) is 29.7 Å². The molecule has 0 N–H and O–H groups in total. The van der Waals surface area contributed by atoms with E-state index in [9.17, 15) is 0 Å². The first kappa shape index (κ1) is 13.9. The first-order chi connectivity index (χ1) is 5.73. The van der Waals surface area contributed by atoms with Crippen molar-refractivity contribution in [3.05, 3.63) is 29.3 Å². The minimum absolute atomic E-state index is 0. The minimum atomic E-state index is 0. The van der Waals surface area contributed by atoms with Gasteiger partial charge in [-0.15, -0.1) is 5.56 Å². The third-order valence-corrected chi connectivity index (χ3v) is 2.43. The second kappa shape index (κ2) is 4.21. The summed E-state index contributed by atoms with van der Waals surface area (Å²) in [5, 5.41) is 0. The second-order valence-electron chi connectivity index (χ2n) is 5.85. The first-order valence-corrected chi connectivity index (χ1v) is 4.99. The molecule has 74 valence electrons. The van der Waals surface area contributed by atoms with Gasteiger partial charge in [-0.25, -0.2) is 12.1 Å². The molecule has 1 heteroatoms. The Morgan fingerprint density at radius 2 is 1.50 bits per heavy atom. The Bertz CT molecular complexity index is 252. The fourth-order valence-electron chi connectivity index (χ4n) is 1.73. The Hall–Kier alpha value is -0.0526. The van der Waals surface area contributed by atoms with Crippen LogP contribution in [0.3, 0.4) is 0 Å². The van der Waals surface area contributed by atoms with Crippen LogP contribution < -0.4 is 18.9 Å². The van der Waals surface area contributed by atoms with E-state index in [4.69, 9.17) is 0 Å². The Morgan fingerprint density at radius 3 is 1.79 bits per heavy atom. The molecular weight excluding hydrogens is 163 g/mol. The molecule has 0 radical (unpaired) electrons. The van der Waals surface area contributed by atoms with Crippen molar-refractivity contribution < 1.29 is 18.9 Å². The van der Waals surface area contributed by atoms with Crippen LogP contribution in [0.4, 0.5) is 0 Å². The molecule has 0 unspecified atom stereocenters. The maximum absolute atomic E-state index is 2.28. The molecule has 0 aliphatic carbocycles. The SMILES string of the molecule is CC(C)(C)c1ccc[c-]1C(C)(C)C.[Li+]. The predicted molar refractivity (Wildman–Crippen MR) is 59.4 cm³/mol. The molecule has 0 spiro atoms.